The fourth-order valence-corrected chi connectivity index (χ4v) is 20.8. The largest absolute Gasteiger partial charge is 1.00 e. The molecule has 10 aromatic rings. The van der Waals surface area contributed by atoms with E-state index in [2.05, 4.69) is 239 Å². The standard InChI is InChI=1S/C33H33N4OP.C33H35N4P.CH5N.K.H2O/c1-32(2)22-27(38)23-33(3,4)39(32)28-20-21-34-37(28)31-29(24-14-8-5-9-15-24)35-36(26-18-12-7-13-19-26)30(31)25-16-10-6-11-17-25;1-32(2)22-14-23-33(3,4)38(32)28-21-24-34-37(28)31-29(25-15-8-5-9-16-25)35-36(27-19-12-7-13-20-27)30(31)26-17-10-6-11-18-26;1-2;;/h5-21H,22-23H2,1-4H3;5-13,15-21,24H,14,22-23H2,1-4H3;2H2,1H3;;1H2/q;;;+1;/p-1. The Morgan fingerprint density at radius 3 is 1.04 bits per heavy atom. The van der Waals surface area contributed by atoms with Gasteiger partial charge in [0.05, 0.1) is 34.6 Å². The minimum absolute atomic E-state index is 0. The van der Waals surface area contributed by atoms with Gasteiger partial charge in [-0.3, -0.25) is 4.79 Å². The van der Waals surface area contributed by atoms with Gasteiger partial charge < -0.3 is 11.2 Å². The molecule has 6 heterocycles. The van der Waals surface area contributed by atoms with Crippen molar-refractivity contribution in [2.24, 2.45) is 5.73 Å². The van der Waals surface area contributed by atoms with E-state index < -0.39 is 15.8 Å². The van der Waals surface area contributed by atoms with E-state index in [-0.39, 0.29) is 77.5 Å². The molecule has 11 nitrogen and oxygen atoms in total. The number of hydrogen-bond acceptors (Lipinski definition) is 7. The van der Waals surface area contributed by atoms with Crippen LogP contribution in [0.3, 0.4) is 0 Å². The van der Waals surface area contributed by atoms with E-state index in [0.29, 0.717) is 18.6 Å². The number of ketones is 1. The third-order valence-electron chi connectivity index (χ3n) is 15.3. The number of carbonyl (C=O) groups is 1. The van der Waals surface area contributed by atoms with Crippen molar-refractivity contribution in [1.29, 1.82) is 0 Å². The maximum absolute atomic E-state index is 12.8. The Balaban J connectivity index is 0.000000201. The number of benzene rings is 6. The van der Waals surface area contributed by atoms with Crippen LogP contribution in [0.4, 0.5) is 0 Å². The first-order valence-electron chi connectivity index (χ1n) is 27.5. The van der Waals surface area contributed by atoms with E-state index >= 15 is 0 Å². The monoisotopic (exact) mass is 1140 g/mol. The number of carbonyl (C=O) groups excluding carboxylic acids is 1. The van der Waals surface area contributed by atoms with Crippen molar-refractivity contribution in [3.63, 3.8) is 0 Å². The number of nitrogens with two attached hydrogens (primary N) is 1. The topological polar surface area (TPSA) is 144 Å². The van der Waals surface area contributed by atoms with Gasteiger partial charge in [-0.1, -0.05) is 220 Å². The Bertz CT molecular complexity index is 3620. The van der Waals surface area contributed by atoms with E-state index in [1.54, 1.807) is 0 Å². The van der Waals surface area contributed by atoms with Crippen molar-refractivity contribution < 1.29 is 61.7 Å². The quantitative estimate of drug-likeness (QED) is 0.106. The molecule has 0 bridgehead atoms. The third-order valence-corrected chi connectivity index (χ3v) is 22.5. The van der Waals surface area contributed by atoms with Crippen molar-refractivity contribution in [2.45, 2.75) is 108 Å². The number of hydrogen-bond donors (Lipinski definition) is 1. The number of nitrogens with zero attached hydrogens (tertiary/aromatic N) is 8. The molecule has 0 spiro atoms. The molecule has 410 valence electrons. The number of aromatic nitrogens is 8. The van der Waals surface area contributed by atoms with Crippen LogP contribution in [-0.2, 0) is 4.79 Å². The Morgan fingerprint density at radius 1 is 0.407 bits per heavy atom. The van der Waals surface area contributed by atoms with Crippen LogP contribution in [0.1, 0.15) is 87.5 Å². The summed E-state index contributed by atoms with van der Waals surface area (Å²) in [5, 5.41) is 20.8. The molecule has 6 aromatic carbocycles. The summed E-state index contributed by atoms with van der Waals surface area (Å²) in [5.41, 5.74) is 19.2. The molecule has 2 fully saturated rings. The SMILES string of the molecule is CC1(C)CC(=O)CC(C)(C)P1c1ccnn1-c1c(-c2ccccc2)nn(-c2ccccc2)c1-c1ccccc1.CC1(C)CCCC(C)(C)P1c1ccnn1-c1c(-c2ccccc2)nn(-c2ccccc2)c1-c1ccccc1.CN.[K+].[OH-]. The van der Waals surface area contributed by atoms with Crippen LogP contribution in [0.25, 0.3) is 67.8 Å². The Kier molecular flexibility index (Phi) is 19.5. The summed E-state index contributed by atoms with van der Waals surface area (Å²) in [6, 6.07) is 67.1. The zero-order valence-corrected chi connectivity index (χ0v) is 53.5. The Labute approximate surface area is 523 Å². The van der Waals surface area contributed by atoms with Crippen molar-refractivity contribution in [3.05, 3.63) is 207 Å². The molecule has 2 saturated heterocycles. The molecule has 0 atom stereocenters. The van der Waals surface area contributed by atoms with Crippen LogP contribution in [0.2, 0.25) is 0 Å². The summed E-state index contributed by atoms with van der Waals surface area (Å²) in [5.74, 6) is 0.349. The fraction of sp³-hybridized carbons (Fsp3) is 0.269. The van der Waals surface area contributed by atoms with Gasteiger partial charge in [-0.25, -0.2) is 18.7 Å². The van der Waals surface area contributed by atoms with Gasteiger partial charge in [-0.15, -0.1) is 0 Å². The van der Waals surface area contributed by atoms with Gasteiger partial charge >= 0.3 is 51.4 Å². The van der Waals surface area contributed by atoms with Crippen molar-refractivity contribution in [3.8, 4) is 67.8 Å². The van der Waals surface area contributed by atoms with E-state index in [9.17, 15) is 4.79 Å². The van der Waals surface area contributed by atoms with Crippen molar-refractivity contribution >= 4 is 32.5 Å². The van der Waals surface area contributed by atoms with Gasteiger partial charge in [0.25, 0.3) is 0 Å². The molecular weight excluding hydrogens is 1060 g/mol. The third kappa shape index (κ3) is 12.5. The number of para-hydroxylation sites is 2. The van der Waals surface area contributed by atoms with Crippen LogP contribution < -0.4 is 68.0 Å². The van der Waals surface area contributed by atoms with Crippen LogP contribution in [0, 0.1) is 0 Å². The van der Waals surface area contributed by atoms with Gasteiger partial charge in [0.2, 0.25) is 0 Å². The maximum Gasteiger partial charge on any atom is 1.00 e. The first-order chi connectivity index (χ1) is 38.1. The molecule has 0 aliphatic carbocycles. The summed E-state index contributed by atoms with van der Waals surface area (Å²) < 4.78 is 8.51. The molecule has 14 heteroatoms. The van der Waals surface area contributed by atoms with Gasteiger partial charge in [0.15, 0.2) is 0 Å². The average Bonchev–Trinajstić information content (AvgIpc) is 4.45. The minimum Gasteiger partial charge on any atom is -0.870 e. The smallest absolute Gasteiger partial charge is 0.870 e. The van der Waals surface area contributed by atoms with Gasteiger partial charge in [0, 0.05) is 35.1 Å². The molecule has 3 N–H and O–H groups in total. The second-order valence-electron chi connectivity index (χ2n) is 22.9. The molecule has 81 heavy (non-hydrogen) atoms. The summed E-state index contributed by atoms with van der Waals surface area (Å²) in [7, 11) is 0.243. The zero-order valence-electron chi connectivity index (χ0n) is 48.6. The summed E-state index contributed by atoms with van der Waals surface area (Å²) in [4.78, 5) is 12.8. The molecule has 2 aliphatic rings. The zero-order chi connectivity index (χ0) is 55.5. The maximum atomic E-state index is 12.8. The fourth-order valence-electron chi connectivity index (χ4n) is 12.5. The summed E-state index contributed by atoms with van der Waals surface area (Å²) >= 11 is 0. The first-order valence-corrected chi connectivity index (χ1v) is 30.2. The van der Waals surface area contributed by atoms with Crippen molar-refractivity contribution in [2.75, 3.05) is 7.05 Å². The van der Waals surface area contributed by atoms with Crippen molar-refractivity contribution in [1.82, 2.24) is 39.1 Å². The van der Waals surface area contributed by atoms with Gasteiger partial charge in [-0.05, 0) is 92.8 Å². The van der Waals surface area contributed by atoms with Crippen LogP contribution in [0.5, 0.6) is 0 Å². The molecule has 0 radical (unpaired) electrons. The molecule has 0 amide bonds. The van der Waals surface area contributed by atoms with Gasteiger partial charge in [0.1, 0.15) is 39.9 Å². The van der Waals surface area contributed by atoms with Crippen LogP contribution in [-0.4, -0.2) is 78.1 Å². The molecular formula is C67H74KN9O2P2. The van der Waals surface area contributed by atoms with Gasteiger partial charge in [-0.2, -0.15) is 20.4 Å². The van der Waals surface area contributed by atoms with E-state index in [1.807, 2.05) is 47.4 Å². The minimum atomic E-state index is -0.752. The normalized spacial score (nSPS) is 16.1. The molecule has 0 saturated carbocycles. The number of rotatable bonds is 10. The molecule has 0 unspecified atom stereocenters. The van der Waals surface area contributed by atoms with E-state index in [4.69, 9.17) is 20.4 Å². The summed E-state index contributed by atoms with van der Waals surface area (Å²) in [6.45, 7) is 18.8. The number of Topliss-reactive ketones (excluding diaryl/α,β-unsaturated/α-hetero) is 1. The Morgan fingerprint density at radius 2 is 0.704 bits per heavy atom. The molecule has 2 aliphatic heterocycles. The Hall–Kier alpha value is -5.75. The predicted molar refractivity (Wildman–Crippen MR) is 333 cm³/mol. The van der Waals surface area contributed by atoms with E-state index in [0.717, 1.165) is 67.8 Å². The predicted octanol–water partition coefficient (Wildman–Crippen LogP) is 12.1. The second kappa shape index (κ2) is 25.8. The van der Waals surface area contributed by atoms with E-state index in [1.165, 1.54) is 37.2 Å². The van der Waals surface area contributed by atoms with Crippen LogP contribution in [0.15, 0.2) is 207 Å². The van der Waals surface area contributed by atoms with Crippen LogP contribution >= 0.6 is 15.8 Å². The summed E-state index contributed by atoms with van der Waals surface area (Å²) in [6.07, 6.45) is 8.84. The molecule has 12 rings (SSSR count). The average molecular weight is 1140 g/mol. The molecule has 4 aromatic heterocycles. The first kappa shape index (κ1) is 61.3. The second-order valence-corrected chi connectivity index (χ2v) is 30.0.